The molecule has 0 bridgehead atoms. The first kappa shape index (κ1) is 22.3. The highest BCUT2D eigenvalue weighted by molar-refractivity contribution is 7.17. The summed E-state index contributed by atoms with van der Waals surface area (Å²) in [5, 5.41) is 3.39. The predicted molar refractivity (Wildman–Crippen MR) is 132 cm³/mol. The van der Waals surface area contributed by atoms with Gasteiger partial charge in [-0.05, 0) is 67.5 Å². The van der Waals surface area contributed by atoms with Crippen molar-refractivity contribution in [3.05, 3.63) is 69.0 Å². The van der Waals surface area contributed by atoms with Crippen LogP contribution in [0.2, 0.25) is 0 Å². The summed E-state index contributed by atoms with van der Waals surface area (Å²) in [5.74, 6) is -0.258. The maximum Gasteiger partial charge on any atom is 0.329 e. The molecule has 4 rings (SSSR count). The van der Waals surface area contributed by atoms with E-state index in [4.69, 9.17) is 4.74 Å². The normalized spacial score (nSPS) is 12.5. The van der Waals surface area contributed by atoms with Crippen molar-refractivity contribution < 1.29 is 9.53 Å². The van der Waals surface area contributed by atoms with Crippen LogP contribution in [0.15, 0.2) is 46.6 Å². The lowest BCUT2D eigenvalue weighted by molar-refractivity contribution is -0.144. The van der Waals surface area contributed by atoms with E-state index in [0.29, 0.717) is 13.2 Å². The van der Waals surface area contributed by atoms with Crippen molar-refractivity contribution in [2.24, 2.45) is 0 Å². The number of hydrogen-bond acceptors (Lipinski definition) is 4. The largest absolute Gasteiger partial charge is 0.466 e. The van der Waals surface area contributed by atoms with Crippen LogP contribution in [-0.4, -0.2) is 21.7 Å². The molecule has 4 aromatic rings. The van der Waals surface area contributed by atoms with Crippen molar-refractivity contribution >= 4 is 38.4 Å². The van der Waals surface area contributed by atoms with Crippen molar-refractivity contribution in [2.45, 2.75) is 59.5 Å². The van der Waals surface area contributed by atoms with Gasteiger partial charge < -0.3 is 4.74 Å². The zero-order valence-corrected chi connectivity index (χ0v) is 20.0. The third-order valence-electron chi connectivity index (χ3n) is 6.03. The molecule has 0 aliphatic heterocycles. The van der Waals surface area contributed by atoms with E-state index in [-0.39, 0.29) is 24.1 Å². The molecule has 0 fully saturated rings. The fraction of sp³-hybridized carbons (Fsp3) is 0.385. The summed E-state index contributed by atoms with van der Waals surface area (Å²) in [5.41, 5.74) is 5.18. The summed E-state index contributed by atoms with van der Waals surface area (Å²) < 4.78 is 10.1. The average Bonchev–Trinajstić information content (AvgIpc) is 3.28. The highest BCUT2D eigenvalue weighted by Crippen LogP contribution is 2.31. The predicted octanol–water partition coefficient (Wildman–Crippen LogP) is 5.98. The van der Waals surface area contributed by atoms with Gasteiger partial charge in [-0.2, -0.15) is 0 Å². The molecule has 0 aliphatic rings. The number of ether oxygens (including phenoxy) is 1. The molecule has 2 heterocycles. The summed E-state index contributed by atoms with van der Waals surface area (Å²) in [4.78, 5) is 26.1. The molecule has 2 aromatic heterocycles. The standard InChI is InChI=1S/C26H30N2O3S/c1-5-8-20(14-24(29)31-6-2)28-22-13-17(3)11-12-21(22)27(26(28)30)15-19-16-32-23-10-7-9-18(4)25(19)23/h7,9-13,16,20H,5-6,8,14-15H2,1-4H3/t20-/m0/s1. The van der Waals surface area contributed by atoms with Gasteiger partial charge in [0.2, 0.25) is 0 Å². The van der Waals surface area contributed by atoms with Gasteiger partial charge in [-0.3, -0.25) is 13.9 Å². The highest BCUT2D eigenvalue weighted by Gasteiger charge is 2.23. The molecule has 0 N–H and O–H groups in total. The second kappa shape index (κ2) is 9.33. The van der Waals surface area contributed by atoms with Gasteiger partial charge in [0.25, 0.3) is 0 Å². The van der Waals surface area contributed by atoms with Crippen LogP contribution in [0.1, 0.15) is 55.8 Å². The van der Waals surface area contributed by atoms with Gasteiger partial charge in [0.1, 0.15) is 0 Å². The van der Waals surface area contributed by atoms with E-state index in [9.17, 15) is 9.59 Å². The van der Waals surface area contributed by atoms with E-state index in [2.05, 4.69) is 43.5 Å². The van der Waals surface area contributed by atoms with Gasteiger partial charge in [0.15, 0.2) is 0 Å². The van der Waals surface area contributed by atoms with E-state index in [1.165, 1.54) is 15.6 Å². The molecule has 2 aromatic carbocycles. The minimum atomic E-state index is -0.258. The average molecular weight is 451 g/mol. The van der Waals surface area contributed by atoms with Gasteiger partial charge in [0, 0.05) is 16.1 Å². The lowest BCUT2D eigenvalue weighted by Gasteiger charge is -2.17. The lowest BCUT2D eigenvalue weighted by Crippen LogP contribution is -2.29. The molecule has 0 saturated heterocycles. The molecule has 0 unspecified atom stereocenters. The van der Waals surface area contributed by atoms with E-state index in [1.807, 2.05) is 28.2 Å². The molecule has 5 nitrogen and oxygen atoms in total. The third kappa shape index (κ3) is 4.11. The van der Waals surface area contributed by atoms with Crippen molar-refractivity contribution in [3.63, 3.8) is 0 Å². The molecule has 0 radical (unpaired) electrons. The number of fused-ring (bicyclic) bond motifs is 2. The molecule has 0 spiro atoms. The number of thiophene rings is 1. The Labute approximate surface area is 192 Å². The van der Waals surface area contributed by atoms with Gasteiger partial charge in [-0.1, -0.05) is 31.5 Å². The number of benzene rings is 2. The van der Waals surface area contributed by atoms with Crippen LogP contribution in [0.4, 0.5) is 0 Å². The zero-order chi connectivity index (χ0) is 22.8. The van der Waals surface area contributed by atoms with Crippen LogP contribution in [0.5, 0.6) is 0 Å². The maximum absolute atomic E-state index is 13.8. The fourth-order valence-corrected chi connectivity index (χ4v) is 5.62. The summed E-state index contributed by atoms with van der Waals surface area (Å²) in [7, 11) is 0. The Kier molecular flexibility index (Phi) is 6.51. The van der Waals surface area contributed by atoms with Crippen molar-refractivity contribution in [1.82, 2.24) is 9.13 Å². The van der Waals surface area contributed by atoms with Gasteiger partial charge >= 0.3 is 11.7 Å². The topological polar surface area (TPSA) is 53.2 Å². The Morgan fingerprint density at radius 2 is 1.94 bits per heavy atom. The number of carbonyl (C=O) groups excluding carboxylic acids is 1. The number of hydrogen-bond donors (Lipinski definition) is 0. The highest BCUT2D eigenvalue weighted by atomic mass is 32.1. The Morgan fingerprint density at radius 3 is 2.69 bits per heavy atom. The molecule has 0 aliphatic carbocycles. The van der Waals surface area contributed by atoms with Crippen molar-refractivity contribution in [1.29, 1.82) is 0 Å². The first-order valence-corrected chi connectivity index (χ1v) is 12.1. The minimum absolute atomic E-state index is 0.0683. The van der Waals surface area contributed by atoms with Crippen molar-refractivity contribution in [3.8, 4) is 0 Å². The molecule has 6 heteroatoms. The van der Waals surface area contributed by atoms with Crippen LogP contribution in [0, 0.1) is 13.8 Å². The maximum atomic E-state index is 13.8. The summed E-state index contributed by atoms with van der Waals surface area (Å²) >= 11 is 1.71. The number of aromatic nitrogens is 2. The summed E-state index contributed by atoms with van der Waals surface area (Å²) in [6.07, 6.45) is 1.82. The molecule has 0 amide bonds. The number of aryl methyl sites for hydroxylation is 2. The number of carbonyl (C=O) groups is 1. The SMILES string of the molecule is CCC[C@@H](CC(=O)OCC)n1c(=O)n(Cc2csc3cccc(C)c23)c2ccc(C)cc21. The van der Waals surface area contributed by atoms with Crippen LogP contribution >= 0.6 is 11.3 Å². The van der Waals surface area contributed by atoms with E-state index in [1.54, 1.807) is 18.3 Å². The third-order valence-corrected chi connectivity index (χ3v) is 7.02. The number of imidazole rings is 1. The Balaban J connectivity index is 1.86. The molecule has 1 atom stereocenters. The molecule has 168 valence electrons. The van der Waals surface area contributed by atoms with E-state index in [0.717, 1.165) is 35.0 Å². The minimum Gasteiger partial charge on any atom is -0.466 e. The van der Waals surface area contributed by atoms with E-state index >= 15 is 0 Å². The Morgan fingerprint density at radius 1 is 1.12 bits per heavy atom. The zero-order valence-electron chi connectivity index (χ0n) is 19.2. The second-order valence-corrected chi connectivity index (χ2v) is 9.30. The molecular formula is C26H30N2O3S. The lowest BCUT2D eigenvalue weighted by atomic mass is 10.1. The van der Waals surface area contributed by atoms with Gasteiger partial charge in [-0.25, -0.2) is 4.79 Å². The van der Waals surface area contributed by atoms with Gasteiger partial charge in [-0.15, -0.1) is 11.3 Å². The Hall–Kier alpha value is -2.86. The summed E-state index contributed by atoms with van der Waals surface area (Å²) in [6.45, 7) is 8.88. The molecule has 32 heavy (non-hydrogen) atoms. The van der Waals surface area contributed by atoms with Crippen molar-refractivity contribution in [2.75, 3.05) is 6.61 Å². The van der Waals surface area contributed by atoms with Crippen LogP contribution in [0.25, 0.3) is 21.1 Å². The monoisotopic (exact) mass is 450 g/mol. The van der Waals surface area contributed by atoms with E-state index < -0.39 is 0 Å². The number of nitrogens with zero attached hydrogens (tertiary/aromatic N) is 2. The molecule has 0 saturated carbocycles. The first-order valence-electron chi connectivity index (χ1n) is 11.3. The number of esters is 1. The van der Waals surface area contributed by atoms with Crippen LogP contribution in [0.3, 0.4) is 0 Å². The van der Waals surface area contributed by atoms with Crippen LogP contribution in [-0.2, 0) is 16.1 Å². The molecular weight excluding hydrogens is 420 g/mol. The summed E-state index contributed by atoms with van der Waals surface area (Å²) in [6, 6.07) is 12.2. The second-order valence-electron chi connectivity index (χ2n) is 8.39. The quantitative estimate of drug-likeness (QED) is 0.310. The smallest absolute Gasteiger partial charge is 0.329 e. The fourth-order valence-electron chi connectivity index (χ4n) is 4.60. The first-order chi connectivity index (χ1) is 15.4. The van der Waals surface area contributed by atoms with Crippen LogP contribution < -0.4 is 5.69 Å². The Bertz CT molecular complexity index is 1330. The number of rotatable bonds is 8. The van der Waals surface area contributed by atoms with Gasteiger partial charge in [0.05, 0.1) is 30.6 Å².